The van der Waals surface area contributed by atoms with Crippen molar-refractivity contribution in [2.24, 2.45) is 0 Å². The molecular formula is C18H27NO4. The summed E-state index contributed by atoms with van der Waals surface area (Å²) in [4.78, 5) is 18.3. The maximum Gasteiger partial charge on any atom is 0.119 e. The molecule has 5 nitrogen and oxygen atoms in total. The smallest absolute Gasteiger partial charge is 0.119 e. The minimum atomic E-state index is -0.150. The zero-order valence-electron chi connectivity index (χ0n) is 14.1. The summed E-state index contributed by atoms with van der Waals surface area (Å²) in [6.45, 7) is 11.9. The lowest BCUT2D eigenvalue weighted by atomic mass is 10.1. The molecule has 23 heavy (non-hydrogen) atoms. The summed E-state index contributed by atoms with van der Waals surface area (Å²) in [6, 6.07) is 6.39. The number of rotatable bonds is 3. The van der Waals surface area contributed by atoms with Crippen LogP contribution in [0, 0.1) is 6.92 Å². The lowest BCUT2D eigenvalue weighted by Crippen LogP contribution is -2.24. The van der Waals surface area contributed by atoms with Crippen molar-refractivity contribution in [3.63, 3.8) is 0 Å². The SMILES string of the molecule is C=C(OC)c1cc(C)cc(N2CCCC(O)CC2)c1.C=O.C=O. The molecule has 0 amide bonds. The van der Waals surface area contributed by atoms with Gasteiger partial charge in [0.2, 0.25) is 0 Å². The van der Waals surface area contributed by atoms with Crippen LogP contribution in [0.4, 0.5) is 5.69 Å². The van der Waals surface area contributed by atoms with Gasteiger partial charge in [-0.15, -0.1) is 0 Å². The van der Waals surface area contributed by atoms with Crippen LogP contribution in [0.2, 0.25) is 0 Å². The Morgan fingerprint density at radius 2 is 1.83 bits per heavy atom. The number of aryl methyl sites for hydroxylation is 1. The Hall–Kier alpha value is -2.14. The van der Waals surface area contributed by atoms with Gasteiger partial charge in [0.1, 0.15) is 19.3 Å². The number of aliphatic hydroxyl groups is 1. The zero-order chi connectivity index (χ0) is 17.8. The largest absolute Gasteiger partial charge is 0.497 e. The Morgan fingerprint density at radius 3 is 2.43 bits per heavy atom. The first-order valence-corrected chi connectivity index (χ1v) is 7.46. The van der Waals surface area contributed by atoms with Crippen LogP contribution in [0.5, 0.6) is 0 Å². The van der Waals surface area contributed by atoms with E-state index in [4.69, 9.17) is 14.3 Å². The van der Waals surface area contributed by atoms with Gasteiger partial charge in [0, 0.05) is 24.3 Å². The van der Waals surface area contributed by atoms with Crippen LogP contribution in [0.1, 0.15) is 30.4 Å². The third-order valence-electron chi connectivity index (χ3n) is 3.69. The van der Waals surface area contributed by atoms with E-state index >= 15 is 0 Å². The van der Waals surface area contributed by atoms with Crippen molar-refractivity contribution in [1.82, 2.24) is 0 Å². The van der Waals surface area contributed by atoms with Gasteiger partial charge in [-0.2, -0.15) is 0 Å². The molecule has 128 valence electrons. The van der Waals surface area contributed by atoms with Crippen LogP contribution in [-0.2, 0) is 14.3 Å². The number of hydrogen-bond donors (Lipinski definition) is 1. The number of hydrogen-bond acceptors (Lipinski definition) is 5. The van der Waals surface area contributed by atoms with Gasteiger partial charge in [-0.3, -0.25) is 0 Å². The zero-order valence-corrected chi connectivity index (χ0v) is 14.1. The highest BCUT2D eigenvalue weighted by Crippen LogP contribution is 2.25. The molecule has 2 rings (SSSR count). The van der Waals surface area contributed by atoms with Crippen LogP contribution in [0.25, 0.3) is 5.76 Å². The molecule has 0 aromatic heterocycles. The first kappa shape index (κ1) is 20.9. The second-order valence-electron chi connectivity index (χ2n) is 5.26. The first-order valence-electron chi connectivity index (χ1n) is 7.46. The van der Waals surface area contributed by atoms with E-state index in [0.29, 0.717) is 5.76 Å². The molecule has 1 aliphatic rings. The molecule has 1 fully saturated rings. The molecule has 1 aromatic rings. The number of carbonyl (C=O) groups is 2. The van der Waals surface area contributed by atoms with Crippen LogP contribution in [0.3, 0.4) is 0 Å². The van der Waals surface area contributed by atoms with Crippen LogP contribution in [0.15, 0.2) is 24.8 Å². The standard InChI is InChI=1S/C16H23NO2.2CH2O/c1-12-9-14(13(2)19-3)11-15(10-12)17-7-4-5-16(18)6-8-17;2*1-2/h9-11,16,18H,2,4-8H2,1,3H3;2*1H2. The highest BCUT2D eigenvalue weighted by atomic mass is 16.5. The summed E-state index contributed by atoms with van der Waals surface area (Å²) < 4.78 is 5.22. The Bertz CT molecular complexity index is 488. The van der Waals surface area contributed by atoms with Crippen molar-refractivity contribution in [3.8, 4) is 0 Å². The molecule has 1 unspecified atom stereocenters. The first-order chi connectivity index (χ1) is 11.1. The average molecular weight is 321 g/mol. The number of aliphatic hydroxyl groups excluding tert-OH is 1. The van der Waals surface area contributed by atoms with E-state index in [1.807, 2.05) is 13.6 Å². The molecule has 5 heteroatoms. The van der Waals surface area contributed by atoms with Gasteiger partial charge in [0.25, 0.3) is 0 Å². The third kappa shape index (κ3) is 6.65. The van der Waals surface area contributed by atoms with E-state index in [1.54, 1.807) is 7.11 Å². The van der Waals surface area contributed by atoms with E-state index < -0.39 is 0 Å². The minimum absolute atomic E-state index is 0.150. The van der Waals surface area contributed by atoms with E-state index in [0.717, 1.165) is 37.9 Å². The minimum Gasteiger partial charge on any atom is -0.497 e. The van der Waals surface area contributed by atoms with E-state index in [2.05, 4.69) is 36.6 Å². The quantitative estimate of drug-likeness (QED) is 0.867. The van der Waals surface area contributed by atoms with Gasteiger partial charge in [-0.05, 0) is 49.9 Å². The summed E-state index contributed by atoms with van der Waals surface area (Å²) in [5.41, 5.74) is 3.43. The number of ether oxygens (including phenoxy) is 1. The molecule has 1 aliphatic heterocycles. The predicted molar refractivity (Wildman–Crippen MR) is 93.5 cm³/mol. The molecule has 1 aromatic carbocycles. The Balaban J connectivity index is 0.00000112. The van der Waals surface area contributed by atoms with Gasteiger partial charge in [0.05, 0.1) is 13.2 Å². The number of methoxy groups -OCH3 is 1. The predicted octanol–water partition coefficient (Wildman–Crippen LogP) is 2.59. The molecule has 0 aliphatic carbocycles. The fourth-order valence-electron chi connectivity index (χ4n) is 2.56. The molecule has 1 saturated heterocycles. The summed E-state index contributed by atoms with van der Waals surface area (Å²) >= 11 is 0. The summed E-state index contributed by atoms with van der Waals surface area (Å²) in [6.07, 6.45) is 2.63. The van der Waals surface area contributed by atoms with Crippen LogP contribution >= 0.6 is 0 Å². The molecule has 0 radical (unpaired) electrons. The Labute approximate surface area is 138 Å². The summed E-state index contributed by atoms with van der Waals surface area (Å²) in [7, 11) is 1.65. The fourth-order valence-corrected chi connectivity index (χ4v) is 2.56. The molecular weight excluding hydrogens is 294 g/mol. The maximum absolute atomic E-state index is 9.73. The van der Waals surface area contributed by atoms with Gasteiger partial charge >= 0.3 is 0 Å². The number of nitrogens with zero attached hydrogens (tertiary/aromatic N) is 1. The van der Waals surface area contributed by atoms with Gasteiger partial charge in [-0.25, -0.2) is 0 Å². The maximum atomic E-state index is 9.73. The van der Waals surface area contributed by atoms with Crippen LogP contribution < -0.4 is 4.90 Å². The summed E-state index contributed by atoms with van der Waals surface area (Å²) in [5, 5.41) is 9.73. The molecule has 1 atom stereocenters. The van der Waals surface area contributed by atoms with E-state index in [9.17, 15) is 5.11 Å². The van der Waals surface area contributed by atoms with Crippen molar-refractivity contribution in [3.05, 3.63) is 35.9 Å². The van der Waals surface area contributed by atoms with Gasteiger partial charge in [0.15, 0.2) is 0 Å². The molecule has 0 bridgehead atoms. The lowest BCUT2D eigenvalue weighted by Gasteiger charge is -2.24. The number of carbonyl (C=O) groups excluding carboxylic acids is 2. The second kappa shape index (κ2) is 11.4. The third-order valence-corrected chi connectivity index (χ3v) is 3.69. The number of benzene rings is 1. The van der Waals surface area contributed by atoms with Crippen LogP contribution in [-0.4, -0.2) is 45.0 Å². The monoisotopic (exact) mass is 321 g/mol. The second-order valence-corrected chi connectivity index (χ2v) is 5.26. The Kier molecular flexibility index (Phi) is 10.4. The summed E-state index contributed by atoms with van der Waals surface area (Å²) in [5.74, 6) is 0.694. The normalized spacial score (nSPS) is 16.8. The highest BCUT2D eigenvalue weighted by molar-refractivity contribution is 5.64. The van der Waals surface area contributed by atoms with Gasteiger partial charge in [-0.1, -0.05) is 6.58 Å². The van der Waals surface area contributed by atoms with E-state index in [-0.39, 0.29) is 6.10 Å². The van der Waals surface area contributed by atoms with Crippen molar-refractivity contribution in [2.75, 3.05) is 25.1 Å². The highest BCUT2D eigenvalue weighted by Gasteiger charge is 2.16. The molecule has 0 spiro atoms. The molecule has 0 saturated carbocycles. The topological polar surface area (TPSA) is 66.8 Å². The molecule has 1 heterocycles. The average Bonchev–Trinajstić information content (AvgIpc) is 2.82. The molecule has 1 N–H and O–H groups in total. The number of anilines is 1. The lowest BCUT2D eigenvalue weighted by molar-refractivity contribution is -0.0987. The van der Waals surface area contributed by atoms with Gasteiger partial charge < -0.3 is 24.3 Å². The van der Waals surface area contributed by atoms with Crippen molar-refractivity contribution < 1.29 is 19.4 Å². The fraction of sp³-hybridized carbons (Fsp3) is 0.444. The Morgan fingerprint density at radius 1 is 1.17 bits per heavy atom. The van der Waals surface area contributed by atoms with Crippen molar-refractivity contribution in [2.45, 2.75) is 32.3 Å². The van der Waals surface area contributed by atoms with Crippen molar-refractivity contribution >= 4 is 25.0 Å². The van der Waals surface area contributed by atoms with Crippen molar-refractivity contribution in [1.29, 1.82) is 0 Å². The van der Waals surface area contributed by atoms with E-state index in [1.165, 1.54) is 11.3 Å².